The number of benzene rings is 2. The van der Waals surface area contributed by atoms with Crippen LogP contribution in [0.1, 0.15) is 6.92 Å². The van der Waals surface area contributed by atoms with E-state index in [2.05, 4.69) is 15.5 Å². The van der Waals surface area contributed by atoms with Crippen molar-refractivity contribution in [1.29, 1.82) is 0 Å². The fourth-order valence-electron chi connectivity index (χ4n) is 2.59. The first kappa shape index (κ1) is 20.2. The molecule has 0 aliphatic heterocycles. The summed E-state index contributed by atoms with van der Waals surface area (Å²) in [6, 6.07) is 11.1. The Bertz CT molecular complexity index is 979. The summed E-state index contributed by atoms with van der Waals surface area (Å²) in [5, 5.41) is 12.2. The zero-order valence-corrected chi connectivity index (χ0v) is 16.9. The third kappa shape index (κ3) is 4.63. The van der Waals surface area contributed by atoms with Crippen molar-refractivity contribution in [2.45, 2.75) is 18.6 Å². The smallest absolute Gasteiger partial charge is 0.234 e. The van der Waals surface area contributed by atoms with E-state index in [1.165, 1.54) is 31.0 Å². The molecule has 0 fully saturated rings. The van der Waals surface area contributed by atoms with Gasteiger partial charge in [-0.1, -0.05) is 23.4 Å². The summed E-state index contributed by atoms with van der Waals surface area (Å²) in [4.78, 5) is 12.3. The molecule has 1 amide bonds. The van der Waals surface area contributed by atoms with Gasteiger partial charge in [-0.25, -0.2) is 4.39 Å². The number of anilines is 1. The van der Waals surface area contributed by atoms with Crippen LogP contribution in [0.15, 0.2) is 47.6 Å². The molecule has 0 unspecified atom stereocenters. The highest BCUT2D eigenvalue weighted by molar-refractivity contribution is 7.99. The van der Waals surface area contributed by atoms with Crippen molar-refractivity contribution in [2.75, 3.05) is 18.2 Å². The second-order valence-corrected chi connectivity index (χ2v) is 7.12. The van der Waals surface area contributed by atoms with Crippen LogP contribution in [0, 0.1) is 5.82 Å². The van der Waals surface area contributed by atoms with Crippen molar-refractivity contribution in [3.05, 3.63) is 53.3 Å². The van der Waals surface area contributed by atoms with E-state index in [9.17, 15) is 9.18 Å². The molecule has 2 aromatic carbocycles. The summed E-state index contributed by atoms with van der Waals surface area (Å²) in [6.45, 7) is 2.57. The number of rotatable bonds is 7. The number of thioether (sulfide) groups is 1. The number of aromatic nitrogens is 3. The average Bonchev–Trinajstić information content (AvgIpc) is 3.10. The van der Waals surface area contributed by atoms with Gasteiger partial charge in [0.2, 0.25) is 5.91 Å². The Morgan fingerprint density at radius 2 is 2.00 bits per heavy atom. The highest BCUT2D eigenvalue weighted by atomic mass is 35.5. The van der Waals surface area contributed by atoms with E-state index in [4.69, 9.17) is 16.3 Å². The molecule has 1 aromatic heterocycles. The van der Waals surface area contributed by atoms with E-state index in [-0.39, 0.29) is 17.5 Å². The van der Waals surface area contributed by atoms with E-state index in [0.717, 1.165) is 5.56 Å². The molecule has 3 rings (SSSR count). The number of methoxy groups -OCH3 is 1. The number of hydrogen-bond acceptors (Lipinski definition) is 5. The molecule has 0 spiro atoms. The molecule has 6 nitrogen and oxygen atoms in total. The monoisotopic (exact) mass is 420 g/mol. The average molecular weight is 421 g/mol. The van der Waals surface area contributed by atoms with Gasteiger partial charge in [-0.15, -0.1) is 10.2 Å². The van der Waals surface area contributed by atoms with Crippen LogP contribution >= 0.6 is 23.4 Å². The quantitative estimate of drug-likeness (QED) is 0.570. The number of nitrogens with one attached hydrogen (secondary N) is 1. The lowest BCUT2D eigenvalue weighted by atomic mass is 10.2. The van der Waals surface area contributed by atoms with Crippen molar-refractivity contribution in [1.82, 2.24) is 14.8 Å². The van der Waals surface area contributed by atoms with Crippen LogP contribution in [0.2, 0.25) is 5.02 Å². The van der Waals surface area contributed by atoms with Gasteiger partial charge in [-0.3, -0.25) is 4.79 Å². The maximum atomic E-state index is 13.1. The molecule has 1 N–H and O–H groups in total. The third-order valence-electron chi connectivity index (χ3n) is 3.90. The number of ether oxygens (including phenoxy) is 1. The molecule has 3 aromatic rings. The van der Waals surface area contributed by atoms with Gasteiger partial charge >= 0.3 is 0 Å². The number of nitrogens with zero attached hydrogens (tertiary/aromatic N) is 3. The fraction of sp³-hybridized carbons (Fsp3) is 0.211. The molecule has 0 aliphatic carbocycles. The number of amides is 1. The Labute approximate surface area is 171 Å². The van der Waals surface area contributed by atoms with Crippen LogP contribution in [0.5, 0.6) is 5.75 Å². The van der Waals surface area contributed by atoms with Crippen LogP contribution in [0.25, 0.3) is 11.4 Å². The van der Waals surface area contributed by atoms with E-state index < -0.39 is 0 Å². The summed E-state index contributed by atoms with van der Waals surface area (Å²) in [5.41, 5.74) is 1.26. The minimum absolute atomic E-state index is 0.136. The SMILES string of the molecule is CCn1c(SCC(=O)Nc2cc(Cl)ccc2OC)nnc1-c1ccc(F)cc1. The fourth-order valence-corrected chi connectivity index (χ4v) is 3.56. The van der Waals surface area contributed by atoms with Crippen LogP contribution in [0.4, 0.5) is 10.1 Å². The zero-order valence-electron chi connectivity index (χ0n) is 15.3. The van der Waals surface area contributed by atoms with Gasteiger partial charge in [0.05, 0.1) is 18.6 Å². The molecule has 28 heavy (non-hydrogen) atoms. The Kier molecular flexibility index (Phi) is 6.53. The van der Waals surface area contributed by atoms with Gasteiger partial charge < -0.3 is 14.6 Å². The normalized spacial score (nSPS) is 10.7. The molecular formula is C19H18ClFN4O2S. The van der Waals surface area contributed by atoms with Crippen LogP contribution < -0.4 is 10.1 Å². The van der Waals surface area contributed by atoms with Crippen molar-refractivity contribution >= 4 is 35.0 Å². The van der Waals surface area contributed by atoms with E-state index in [0.29, 0.717) is 34.0 Å². The minimum atomic E-state index is -0.311. The predicted octanol–water partition coefficient (Wildman–Crippen LogP) is 4.50. The first-order chi connectivity index (χ1) is 13.5. The maximum Gasteiger partial charge on any atom is 0.234 e. The van der Waals surface area contributed by atoms with Crippen molar-refractivity contribution in [3.63, 3.8) is 0 Å². The second kappa shape index (κ2) is 9.07. The van der Waals surface area contributed by atoms with Gasteiger partial charge in [0.25, 0.3) is 0 Å². The summed E-state index contributed by atoms with van der Waals surface area (Å²) < 4.78 is 20.3. The lowest BCUT2D eigenvalue weighted by Gasteiger charge is -2.11. The molecule has 0 saturated carbocycles. The lowest BCUT2D eigenvalue weighted by Crippen LogP contribution is -2.15. The Balaban J connectivity index is 1.70. The lowest BCUT2D eigenvalue weighted by molar-refractivity contribution is -0.113. The van der Waals surface area contributed by atoms with Gasteiger partial charge in [0.1, 0.15) is 11.6 Å². The zero-order chi connectivity index (χ0) is 20.1. The Morgan fingerprint density at radius 3 is 2.68 bits per heavy atom. The standard InChI is InChI=1S/C19H18ClFN4O2S/c1-3-25-18(12-4-7-14(21)8-5-12)23-24-19(25)28-11-17(26)22-15-10-13(20)6-9-16(15)27-2/h4-10H,3,11H2,1-2H3,(H,22,26). The van der Waals surface area contributed by atoms with Crippen molar-refractivity contribution < 1.29 is 13.9 Å². The second-order valence-electron chi connectivity index (χ2n) is 5.74. The Hall–Kier alpha value is -2.58. The van der Waals surface area contributed by atoms with Crippen molar-refractivity contribution in [2.24, 2.45) is 0 Å². The molecule has 9 heteroatoms. The van der Waals surface area contributed by atoms with Crippen LogP contribution in [-0.4, -0.2) is 33.5 Å². The molecule has 1 heterocycles. The van der Waals surface area contributed by atoms with Crippen LogP contribution in [0.3, 0.4) is 0 Å². The third-order valence-corrected chi connectivity index (χ3v) is 5.11. The van der Waals surface area contributed by atoms with E-state index >= 15 is 0 Å². The van der Waals surface area contributed by atoms with Gasteiger partial charge in [0, 0.05) is 17.1 Å². The summed E-state index contributed by atoms with van der Waals surface area (Å²) in [7, 11) is 1.52. The first-order valence-electron chi connectivity index (χ1n) is 8.47. The largest absolute Gasteiger partial charge is 0.495 e. The molecule has 0 bridgehead atoms. The molecule has 146 valence electrons. The molecule has 0 atom stereocenters. The number of carbonyl (C=O) groups excluding carboxylic acids is 1. The van der Waals surface area contributed by atoms with Gasteiger partial charge in [-0.2, -0.15) is 0 Å². The maximum absolute atomic E-state index is 13.1. The summed E-state index contributed by atoms with van der Waals surface area (Å²) >= 11 is 7.25. The van der Waals surface area contributed by atoms with E-state index in [1.54, 1.807) is 30.3 Å². The molecule has 0 aliphatic rings. The Morgan fingerprint density at radius 1 is 1.25 bits per heavy atom. The molecule has 0 saturated heterocycles. The topological polar surface area (TPSA) is 69.0 Å². The number of carbonyl (C=O) groups is 1. The summed E-state index contributed by atoms with van der Waals surface area (Å²) in [6.07, 6.45) is 0. The van der Waals surface area contributed by atoms with E-state index in [1.807, 2.05) is 11.5 Å². The summed E-state index contributed by atoms with van der Waals surface area (Å²) in [5.74, 6) is 0.755. The first-order valence-corrected chi connectivity index (χ1v) is 9.83. The number of halogens is 2. The molecule has 0 radical (unpaired) electrons. The predicted molar refractivity (Wildman–Crippen MR) is 108 cm³/mol. The minimum Gasteiger partial charge on any atom is -0.495 e. The van der Waals surface area contributed by atoms with Gasteiger partial charge in [-0.05, 0) is 49.4 Å². The highest BCUT2D eigenvalue weighted by Crippen LogP contribution is 2.28. The molecular weight excluding hydrogens is 403 g/mol. The highest BCUT2D eigenvalue weighted by Gasteiger charge is 2.15. The number of hydrogen-bond donors (Lipinski definition) is 1. The van der Waals surface area contributed by atoms with Crippen molar-refractivity contribution in [3.8, 4) is 17.1 Å². The van der Waals surface area contributed by atoms with Gasteiger partial charge in [0.15, 0.2) is 11.0 Å². The van der Waals surface area contributed by atoms with Crippen LogP contribution in [-0.2, 0) is 11.3 Å².